The molecule has 3 nitrogen and oxygen atoms in total. The first-order valence-corrected chi connectivity index (χ1v) is 6.33. The van der Waals surface area contributed by atoms with Crippen LogP contribution in [0.4, 0.5) is 0 Å². The summed E-state index contributed by atoms with van der Waals surface area (Å²) in [6.07, 6.45) is 3.24. The molecular formula is C16H18N2O. The molecule has 0 fully saturated rings. The number of benzene rings is 1. The number of carbonyl (C=O) groups is 1. The summed E-state index contributed by atoms with van der Waals surface area (Å²) in [5.41, 5.74) is 5.50. The fourth-order valence-electron chi connectivity index (χ4n) is 2.26. The summed E-state index contributed by atoms with van der Waals surface area (Å²) in [6.45, 7) is 6.79. The van der Waals surface area contributed by atoms with Crippen LogP contribution in [0.3, 0.4) is 0 Å². The summed E-state index contributed by atoms with van der Waals surface area (Å²) in [4.78, 5) is 15.9. The van der Waals surface area contributed by atoms with Crippen LogP contribution in [0, 0.1) is 20.8 Å². The van der Waals surface area contributed by atoms with E-state index in [0.717, 1.165) is 0 Å². The van der Waals surface area contributed by atoms with Crippen LogP contribution in [0.15, 0.2) is 36.7 Å². The van der Waals surface area contributed by atoms with E-state index >= 15 is 0 Å². The first kappa shape index (κ1) is 13.3. The number of aryl methyl sites for hydroxylation is 3. The average molecular weight is 254 g/mol. The van der Waals surface area contributed by atoms with E-state index in [1.165, 1.54) is 22.3 Å². The normalized spacial score (nSPS) is 10.3. The molecule has 0 radical (unpaired) electrons. The number of hydrogen-bond acceptors (Lipinski definition) is 2. The molecule has 0 bridgehead atoms. The van der Waals surface area contributed by atoms with Crippen LogP contribution in [0.5, 0.6) is 0 Å². The molecule has 2 rings (SSSR count). The van der Waals surface area contributed by atoms with Crippen molar-refractivity contribution in [2.24, 2.45) is 0 Å². The Kier molecular flexibility index (Phi) is 3.95. The van der Waals surface area contributed by atoms with E-state index in [9.17, 15) is 4.79 Å². The first-order chi connectivity index (χ1) is 9.08. The molecule has 2 aromatic rings. The minimum absolute atomic E-state index is 0.0678. The number of carbonyl (C=O) groups excluding carboxylic acids is 1. The van der Waals surface area contributed by atoms with E-state index < -0.39 is 0 Å². The molecule has 1 heterocycles. The Balaban J connectivity index is 2.10. The maximum Gasteiger partial charge on any atom is 0.251 e. The average Bonchev–Trinajstić information content (AvgIpc) is 2.38. The van der Waals surface area contributed by atoms with Crippen molar-refractivity contribution in [3.8, 4) is 0 Å². The maximum atomic E-state index is 12.0. The van der Waals surface area contributed by atoms with Crippen molar-refractivity contribution in [3.63, 3.8) is 0 Å². The highest BCUT2D eigenvalue weighted by Gasteiger charge is 2.07. The zero-order valence-corrected chi connectivity index (χ0v) is 11.5. The minimum atomic E-state index is -0.0678. The Morgan fingerprint density at radius 1 is 1.11 bits per heavy atom. The molecular weight excluding hydrogens is 236 g/mol. The number of nitrogens with zero attached hydrogens (tertiary/aromatic N) is 1. The lowest BCUT2D eigenvalue weighted by atomic mass is 10.00. The zero-order valence-electron chi connectivity index (χ0n) is 11.5. The SMILES string of the molecule is Cc1cc(C)c(CNC(=O)c2ccncc2)c(C)c1. The molecule has 0 saturated heterocycles. The lowest BCUT2D eigenvalue weighted by molar-refractivity contribution is 0.0950. The Morgan fingerprint density at radius 3 is 2.26 bits per heavy atom. The first-order valence-electron chi connectivity index (χ1n) is 6.33. The molecule has 3 heteroatoms. The van der Waals surface area contributed by atoms with Crippen LogP contribution in [0.1, 0.15) is 32.6 Å². The van der Waals surface area contributed by atoms with Crippen molar-refractivity contribution in [1.82, 2.24) is 10.3 Å². The second-order valence-electron chi connectivity index (χ2n) is 4.80. The molecule has 0 aliphatic carbocycles. The number of hydrogen-bond donors (Lipinski definition) is 1. The topological polar surface area (TPSA) is 42.0 Å². The van der Waals surface area contributed by atoms with Gasteiger partial charge in [-0.3, -0.25) is 9.78 Å². The smallest absolute Gasteiger partial charge is 0.251 e. The van der Waals surface area contributed by atoms with Crippen LogP contribution in [0.25, 0.3) is 0 Å². The second kappa shape index (κ2) is 5.65. The number of nitrogens with one attached hydrogen (secondary N) is 1. The molecule has 0 atom stereocenters. The van der Waals surface area contributed by atoms with Crippen LogP contribution < -0.4 is 5.32 Å². The molecule has 19 heavy (non-hydrogen) atoms. The standard InChI is InChI=1S/C16H18N2O/c1-11-8-12(2)15(13(3)9-11)10-18-16(19)14-4-6-17-7-5-14/h4-9H,10H2,1-3H3,(H,18,19). The third-order valence-electron chi connectivity index (χ3n) is 3.21. The second-order valence-corrected chi connectivity index (χ2v) is 4.80. The maximum absolute atomic E-state index is 12.0. The van der Waals surface area contributed by atoms with Crippen LogP contribution in [-0.4, -0.2) is 10.9 Å². The summed E-state index contributed by atoms with van der Waals surface area (Å²) in [5, 5.41) is 2.95. The zero-order chi connectivity index (χ0) is 13.8. The highest BCUT2D eigenvalue weighted by molar-refractivity contribution is 5.93. The Labute approximate surface area is 113 Å². The Hall–Kier alpha value is -2.16. The molecule has 0 spiro atoms. The van der Waals surface area contributed by atoms with E-state index in [-0.39, 0.29) is 5.91 Å². The minimum Gasteiger partial charge on any atom is -0.348 e. The fraction of sp³-hybridized carbons (Fsp3) is 0.250. The van der Waals surface area contributed by atoms with E-state index in [0.29, 0.717) is 12.1 Å². The molecule has 1 N–H and O–H groups in total. The molecule has 1 aromatic heterocycles. The van der Waals surface area contributed by atoms with E-state index in [1.54, 1.807) is 24.5 Å². The number of pyridine rings is 1. The van der Waals surface area contributed by atoms with Crippen molar-refractivity contribution < 1.29 is 4.79 Å². The van der Waals surface area contributed by atoms with Crippen molar-refractivity contribution in [2.75, 3.05) is 0 Å². The lowest BCUT2D eigenvalue weighted by Gasteiger charge is -2.12. The van der Waals surface area contributed by atoms with Crippen molar-refractivity contribution in [2.45, 2.75) is 27.3 Å². The van der Waals surface area contributed by atoms with Crippen molar-refractivity contribution in [3.05, 3.63) is 64.5 Å². The summed E-state index contributed by atoms with van der Waals surface area (Å²) in [5.74, 6) is -0.0678. The molecule has 1 aromatic carbocycles. The van der Waals surface area contributed by atoms with Crippen molar-refractivity contribution >= 4 is 5.91 Å². The number of aromatic nitrogens is 1. The summed E-state index contributed by atoms with van der Waals surface area (Å²) >= 11 is 0. The molecule has 0 aliphatic heterocycles. The highest BCUT2D eigenvalue weighted by Crippen LogP contribution is 2.16. The molecule has 0 unspecified atom stereocenters. The Morgan fingerprint density at radius 2 is 1.68 bits per heavy atom. The molecule has 0 aliphatic rings. The van der Waals surface area contributed by atoms with Gasteiger partial charge in [0.15, 0.2) is 0 Å². The summed E-state index contributed by atoms with van der Waals surface area (Å²) < 4.78 is 0. The lowest BCUT2D eigenvalue weighted by Crippen LogP contribution is -2.23. The van der Waals surface area contributed by atoms with Crippen LogP contribution in [-0.2, 0) is 6.54 Å². The van der Waals surface area contributed by atoms with Gasteiger partial charge in [0, 0.05) is 24.5 Å². The van der Waals surface area contributed by atoms with E-state index in [1.807, 2.05) is 0 Å². The van der Waals surface area contributed by atoms with Crippen LogP contribution >= 0.6 is 0 Å². The van der Waals surface area contributed by atoms with Gasteiger partial charge in [0.25, 0.3) is 5.91 Å². The van der Waals surface area contributed by atoms with E-state index in [4.69, 9.17) is 0 Å². The quantitative estimate of drug-likeness (QED) is 0.915. The largest absolute Gasteiger partial charge is 0.348 e. The van der Waals surface area contributed by atoms with Gasteiger partial charge in [-0.1, -0.05) is 17.7 Å². The fourth-order valence-corrected chi connectivity index (χ4v) is 2.26. The molecule has 1 amide bonds. The molecule has 98 valence electrons. The number of amides is 1. The van der Waals surface area contributed by atoms with Gasteiger partial charge in [0.05, 0.1) is 0 Å². The number of rotatable bonds is 3. The van der Waals surface area contributed by atoms with Gasteiger partial charge in [0.1, 0.15) is 0 Å². The van der Waals surface area contributed by atoms with Gasteiger partial charge in [-0.25, -0.2) is 0 Å². The molecule has 0 saturated carbocycles. The van der Waals surface area contributed by atoms with E-state index in [2.05, 4.69) is 43.2 Å². The summed E-state index contributed by atoms with van der Waals surface area (Å²) in [7, 11) is 0. The van der Waals surface area contributed by atoms with Gasteiger partial charge in [-0.2, -0.15) is 0 Å². The Bertz CT molecular complexity index is 568. The predicted molar refractivity (Wildman–Crippen MR) is 76.1 cm³/mol. The highest BCUT2D eigenvalue weighted by atomic mass is 16.1. The van der Waals surface area contributed by atoms with Gasteiger partial charge in [0.2, 0.25) is 0 Å². The van der Waals surface area contributed by atoms with Crippen LogP contribution in [0.2, 0.25) is 0 Å². The monoisotopic (exact) mass is 254 g/mol. The third kappa shape index (κ3) is 3.19. The predicted octanol–water partition coefficient (Wildman–Crippen LogP) is 2.94. The van der Waals surface area contributed by atoms with Gasteiger partial charge in [-0.05, 0) is 49.6 Å². The van der Waals surface area contributed by atoms with Gasteiger partial charge in [-0.15, -0.1) is 0 Å². The van der Waals surface area contributed by atoms with Gasteiger partial charge < -0.3 is 5.32 Å². The van der Waals surface area contributed by atoms with Gasteiger partial charge >= 0.3 is 0 Å². The summed E-state index contributed by atoms with van der Waals surface area (Å²) in [6, 6.07) is 7.70. The van der Waals surface area contributed by atoms with Crippen molar-refractivity contribution in [1.29, 1.82) is 0 Å². The third-order valence-corrected chi connectivity index (χ3v) is 3.21.